The van der Waals surface area contributed by atoms with E-state index in [1.54, 1.807) is 0 Å². The second-order valence-electron chi connectivity index (χ2n) is 17.5. The molecular formula is C55H55N7O. The summed E-state index contributed by atoms with van der Waals surface area (Å²) in [6, 6.07) is 66.5. The lowest BCUT2D eigenvalue weighted by molar-refractivity contribution is 0.0959. The van der Waals surface area contributed by atoms with Crippen molar-refractivity contribution in [2.75, 3.05) is 55.0 Å². The fraction of sp³-hybridized carbons (Fsp3) is 0.236. The van der Waals surface area contributed by atoms with E-state index in [0.717, 1.165) is 79.0 Å². The zero-order valence-electron chi connectivity index (χ0n) is 36.1. The zero-order valence-corrected chi connectivity index (χ0v) is 36.1. The molecule has 8 heteroatoms. The van der Waals surface area contributed by atoms with Gasteiger partial charge in [-0.25, -0.2) is 0 Å². The number of hydrogen-bond donors (Lipinski definition) is 2. The molecule has 8 nitrogen and oxygen atoms in total. The molecule has 7 aromatic carbocycles. The molecule has 4 unspecified atom stereocenters. The van der Waals surface area contributed by atoms with Crippen molar-refractivity contribution < 1.29 is 4.74 Å². The summed E-state index contributed by atoms with van der Waals surface area (Å²) in [5.74, 6) is 1.76. The van der Waals surface area contributed by atoms with Crippen LogP contribution in [-0.2, 0) is 0 Å². The van der Waals surface area contributed by atoms with Crippen molar-refractivity contribution in [2.45, 2.75) is 43.3 Å². The number of anilines is 6. The van der Waals surface area contributed by atoms with E-state index < -0.39 is 0 Å². The Hall–Kier alpha value is -6.42. The monoisotopic (exact) mass is 829 g/mol. The highest BCUT2D eigenvalue weighted by Gasteiger charge is 2.40. The van der Waals surface area contributed by atoms with E-state index >= 15 is 0 Å². The first-order valence-electron chi connectivity index (χ1n) is 22.6. The molecule has 316 valence electrons. The van der Waals surface area contributed by atoms with Gasteiger partial charge in [0.1, 0.15) is 0 Å². The van der Waals surface area contributed by atoms with Crippen molar-refractivity contribution in [1.29, 1.82) is 0 Å². The van der Waals surface area contributed by atoms with Crippen molar-refractivity contribution >= 4 is 34.1 Å². The first kappa shape index (κ1) is 39.4. The third-order valence-corrected chi connectivity index (χ3v) is 13.7. The summed E-state index contributed by atoms with van der Waals surface area (Å²) in [6.45, 7) is 3.74. The van der Waals surface area contributed by atoms with Crippen LogP contribution in [-0.4, -0.2) is 56.1 Å². The largest absolute Gasteiger partial charge is 0.453 e. The van der Waals surface area contributed by atoms with Gasteiger partial charge in [-0.2, -0.15) is 0 Å². The predicted octanol–water partition coefficient (Wildman–Crippen LogP) is 11.6. The van der Waals surface area contributed by atoms with Gasteiger partial charge in [0.25, 0.3) is 0 Å². The van der Waals surface area contributed by atoms with Gasteiger partial charge in [0.15, 0.2) is 11.5 Å². The van der Waals surface area contributed by atoms with Gasteiger partial charge in [-0.15, -0.1) is 0 Å². The van der Waals surface area contributed by atoms with Crippen molar-refractivity contribution in [2.24, 2.45) is 0 Å². The number of ether oxygens (including phenoxy) is 1. The molecule has 11 rings (SSSR count). The fourth-order valence-electron chi connectivity index (χ4n) is 10.5. The summed E-state index contributed by atoms with van der Waals surface area (Å²) in [6.07, 6.45) is 2.41. The number of hydrogen-bond acceptors (Lipinski definition) is 8. The molecule has 4 aliphatic rings. The molecule has 2 N–H and O–H groups in total. The Morgan fingerprint density at radius 1 is 0.476 bits per heavy atom. The van der Waals surface area contributed by atoms with Crippen LogP contribution in [0.3, 0.4) is 0 Å². The van der Waals surface area contributed by atoms with Crippen LogP contribution in [0.1, 0.15) is 59.5 Å². The molecule has 4 aliphatic heterocycles. The summed E-state index contributed by atoms with van der Waals surface area (Å²) in [5.41, 5.74) is 12.2. The molecular weight excluding hydrogens is 775 g/mol. The van der Waals surface area contributed by atoms with Crippen LogP contribution in [0.5, 0.6) is 11.5 Å². The summed E-state index contributed by atoms with van der Waals surface area (Å²) in [5, 5.41) is 7.64. The number of rotatable bonds is 9. The molecule has 0 bridgehead atoms. The number of para-hydroxylation sites is 4. The first-order chi connectivity index (χ1) is 31.1. The average Bonchev–Trinajstić information content (AvgIpc) is 3.32. The van der Waals surface area contributed by atoms with Crippen molar-refractivity contribution in [1.82, 2.24) is 20.4 Å². The third kappa shape index (κ3) is 7.53. The number of fused-ring (bicyclic) bond motifs is 2. The Morgan fingerprint density at radius 3 is 1.52 bits per heavy atom. The van der Waals surface area contributed by atoms with Gasteiger partial charge in [0, 0.05) is 54.0 Å². The van der Waals surface area contributed by atoms with Crippen molar-refractivity contribution in [3.8, 4) is 11.5 Å². The molecule has 0 aliphatic carbocycles. The zero-order chi connectivity index (χ0) is 42.3. The highest BCUT2D eigenvalue weighted by atomic mass is 16.5. The highest BCUT2D eigenvalue weighted by molar-refractivity contribution is 5.84. The molecule has 4 atom stereocenters. The van der Waals surface area contributed by atoms with Gasteiger partial charge >= 0.3 is 0 Å². The van der Waals surface area contributed by atoms with E-state index in [0.29, 0.717) is 0 Å². The normalized spacial score (nSPS) is 21.5. The minimum Gasteiger partial charge on any atom is -0.453 e. The van der Waals surface area contributed by atoms with E-state index in [9.17, 15) is 0 Å². The lowest BCUT2D eigenvalue weighted by Crippen LogP contribution is -2.59. The van der Waals surface area contributed by atoms with Crippen LogP contribution in [0.25, 0.3) is 0 Å². The van der Waals surface area contributed by atoms with Crippen LogP contribution in [0.2, 0.25) is 0 Å². The SMILES string of the molecule is CN1C(c2cc(C3CCNC(c4ccccc4)N3C)cc(N3CC(N4c5ccccc5Oc5cc(N(c6ccccc6)c6ccccc6)ccc54)C3)c2)CCNC1c1ccccc1. The highest BCUT2D eigenvalue weighted by Crippen LogP contribution is 2.51. The Bertz CT molecular complexity index is 2540. The maximum atomic E-state index is 6.77. The van der Waals surface area contributed by atoms with Gasteiger partial charge in [-0.3, -0.25) is 20.4 Å². The second kappa shape index (κ2) is 17.0. The van der Waals surface area contributed by atoms with Gasteiger partial charge < -0.3 is 19.4 Å². The molecule has 0 aromatic heterocycles. The minimum atomic E-state index is 0.156. The Kier molecular flexibility index (Phi) is 10.7. The Balaban J connectivity index is 0.927. The maximum Gasteiger partial charge on any atom is 0.153 e. The third-order valence-electron chi connectivity index (χ3n) is 13.7. The standard InChI is InChI=1S/C55H55N7O/c1-58-48(29-31-56-54(58)39-17-7-3-8-18-39)41-33-42(49-30-32-57-55(59(49)2)40-19-9-4-10-20-40)35-46(34-41)60-37-47(38-60)62-50-25-15-16-26-52(50)63-53-36-45(27-28-51(53)62)61(43-21-11-5-12-22-43)44-23-13-6-14-24-44/h3-28,33-36,47-49,54-57H,29-32,37-38H2,1-2H3. The molecule has 7 aromatic rings. The predicted molar refractivity (Wildman–Crippen MR) is 257 cm³/mol. The van der Waals surface area contributed by atoms with Gasteiger partial charge in [0.05, 0.1) is 29.7 Å². The first-order valence-corrected chi connectivity index (χ1v) is 22.6. The molecule has 0 radical (unpaired) electrons. The fourth-order valence-corrected chi connectivity index (χ4v) is 10.5. The molecule has 63 heavy (non-hydrogen) atoms. The van der Waals surface area contributed by atoms with Crippen molar-refractivity contribution in [3.63, 3.8) is 0 Å². The average molecular weight is 830 g/mol. The molecule has 0 amide bonds. The van der Waals surface area contributed by atoms with E-state index in [1.807, 2.05) is 0 Å². The van der Waals surface area contributed by atoms with Crippen LogP contribution >= 0.6 is 0 Å². The number of nitrogens with one attached hydrogen (secondary N) is 2. The topological polar surface area (TPSA) is 49.5 Å². The second-order valence-corrected chi connectivity index (χ2v) is 17.5. The summed E-state index contributed by atoms with van der Waals surface area (Å²) in [4.78, 5) is 12.5. The van der Waals surface area contributed by atoms with E-state index in [2.05, 4.69) is 231 Å². The Morgan fingerprint density at radius 2 is 0.968 bits per heavy atom. The van der Waals surface area contributed by atoms with Crippen LogP contribution in [0.15, 0.2) is 182 Å². The van der Waals surface area contributed by atoms with Crippen LogP contribution < -0.4 is 30.1 Å². The summed E-state index contributed by atoms with van der Waals surface area (Å²) in [7, 11) is 4.58. The van der Waals surface area contributed by atoms with Crippen molar-refractivity contribution in [3.05, 3.63) is 204 Å². The number of benzene rings is 7. The summed E-state index contributed by atoms with van der Waals surface area (Å²) >= 11 is 0. The van der Waals surface area contributed by atoms with Gasteiger partial charge in [-0.05, 0) is 123 Å². The smallest absolute Gasteiger partial charge is 0.153 e. The molecule has 4 heterocycles. The lowest BCUT2D eigenvalue weighted by Gasteiger charge is -2.49. The minimum absolute atomic E-state index is 0.156. The van der Waals surface area contributed by atoms with Crippen LogP contribution in [0.4, 0.5) is 34.1 Å². The lowest BCUT2D eigenvalue weighted by atomic mass is 9.90. The van der Waals surface area contributed by atoms with Gasteiger partial charge in [-0.1, -0.05) is 115 Å². The maximum absolute atomic E-state index is 6.77. The van der Waals surface area contributed by atoms with E-state index in [4.69, 9.17) is 4.74 Å². The van der Waals surface area contributed by atoms with Crippen LogP contribution in [0, 0.1) is 0 Å². The molecule has 3 fully saturated rings. The molecule has 3 saturated heterocycles. The Labute approximate surface area is 372 Å². The molecule has 0 spiro atoms. The quantitative estimate of drug-likeness (QED) is 0.149. The van der Waals surface area contributed by atoms with Gasteiger partial charge in [0.2, 0.25) is 0 Å². The van der Waals surface area contributed by atoms with E-state index in [-0.39, 0.29) is 30.5 Å². The molecule has 0 saturated carbocycles. The number of nitrogens with zero attached hydrogens (tertiary/aromatic N) is 5. The summed E-state index contributed by atoms with van der Waals surface area (Å²) < 4.78 is 6.77. The van der Waals surface area contributed by atoms with E-state index in [1.165, 1.54) is 27.9 Å².